The zero-order valence-electron chi connectivity index (χ0n) is 6.57. The Morgan fingerprint density at radius 1 is 1.73 bits per heavy atom. The summed E-state index contributed by atoms with van der Waals surface area (Å²) in [6.07, 6.45) is 5.12. The van der Waals surface area contributed by atoms with Crippen LogP contribution in [0.15, 0.2) is 18.5 Å². The maximum Gasteiger partial charge on any atom is 0.0646 e. The van der Waals surface area contributed by atoms with Crippen molar-refractivity contribution in [2.75, 3.05) is 0 Å². The molecule has 1 aromatic heterocycles. The zero-order valence-corrected chi connectivity index (χ0v) is 6.57. The van der Waals surface area contributed by atoms with Crippen molar-refractivity contribution in [2.24, 2.45) is 0 Å². The fourth-order valence-corrected chi connectivity index (χ4v) is 1.03. The Kier molecular flexibility index (Phi) is 2.67. The fraction of sp³-hybridized carbons (Fsp3) is 0.500. The number of aromatic nitrogens is 2. The molecular weight excluding hydrogens is 138 g/mol. The average molecular weight is 149 g/mol. The highest BCUT2D eigenvalue weighted by atomic mass is 15.3. The lowest BCUT2D eigenvalue weighted by molar-refractivity contribution is 0.448. The molecule has 0 bridgehead atoms. The molecule has 0 fully saturated rings. The third kappa shape index (κ3) is 1.81. The summed E-state index contributed by atoms with van der Waals surface area (Å²) >= 11 is 0. The lowest BCUT2D eigenvalue weighted by atomic mass is 10.2. The molecule has 1 atom stereocenters. The van der Waals surface area contributed by atoms with E-state index in [-0.39, 0.29) is 6.04 Å². The molecule has 0 saturated heterocycles. The highest BCUT2D eigenvalue weighted by Crippen LogP contribution is 2.12. The first-order valence-corrected chi connectivity index (χ1v) is 3.74. The number of hydrogen-bond donors (Lipinski definition) is 0. The first kappa shape index (κ1) is 7.80. The minimum Gasteiger partial charge on any atom is -0.269 e. The Morgan fingerprint density at radius 2 is 2.55 bits per heavy atom. The molecule has 0 aliphatic carbocycles. The normalized spacial score (nSPS) is 12.4. The van der Waals surface area contributed by atoms with Crippen molar-refractivity contribution in [1.29, 1.82) is 5.26 Å². The van der Waals surface area contributed by atoms with Crippen LogP contribution >= 0.6 is 0 Å². The Morgan fingerprint density at radius 3 is 3.00 bits per heavy atom. The van der Waals surface area contributed by atoms with Gasteiger partial charge in [-0.2, -0.15) is 10.4 Å². The van der Waals surface area contributed by atoms with Crippen LogP contribution in [0, 0.1) is 11.3 Å². The molecule has 0 N–H and O–H groups in total. The second-order valence-corrected chi connectivity index (χ2v) is 2.41. The smallest absolute Gasteiger partial charge is 0.0646 e. The van der Waals surface area contributed by atoms with Crippen LogP contribution in [0.3, 0.4) is 0 Å². The molecule has 3 nitrogen and oxygen atoms in total. The van der Waals surface area contributed by atoms with Gasteiger partial charge in [-0.15, -0.1) is 0 Å². The largest absolute Gasteiger partial charge is 0.269 e. The van der Waals surface area contributed by atoms with Gasteiger partial charge in [-0.25, -0.2) is 0 Å². The predicted molar refractivity (Wildman–Crippen MR) is 41.8 cm³/mol. The maximum atomic E-state index is 8.48. The summed E-state index contributed by atoms with van der Waals surface area (Å²) in [7, 11) is 0. The maximum absolute atomic E-state index is 8.48. The van der Waals surface area contributed by atoms with Gasteiger partial charge in [0.1, 0.15) is 0 Å². The van der Waals surface area contributed by atoms with Crippen molar-refractivity contribution in [3.8, 4) is 6.07 Å². The minimum absolute atomic E-state index is 0.245. The molecule has 1 aromatic rings. The fourth-order valence-electron chi connectivity index (χ4n) is 1.03. The molecule has 0 aliphatic heterocycles. The van der Waals surface area contributed by atoms with Crippen molar-refractivity contribution >= 4 is 0 Å². The quantitative estimate of drug-likeness (QED) is 0.657. The van der Waals surface area contributed by atoms with Gasteiger partial charge in [0.2, 0.25) is 0 Å². The molecule has 0 spiro atoms. The third-order valence-electron chi connectivity index (χ3n) is 1.70. The van der Waals surface area contributed by atoms with Crippen molar-refractivity contribution < 1.29 is 0 Å². The summed E-state index contributed by atoms with van der Waals surface area (Å²) in [6, 6.07) is 4.27. The Hall–Kier alpha value is -1.30. The van der Waals surface area contributed by atoms with Crippen LogP contribution in [0.4, 0.5) is 0 Å². The van der Waals surface area contributed by atoms with E-state index < -0.39 is 0 Å². The van der Waals surface area contributed by atoms with Crippen LogP contribution in [-0.4, -0.2) is 9.78 Å². The highest BCUT2D eigenvalue weighted by molar-refractivity contribution is 4.85. The van der Waals surface area contributed by atoms with Crippen LogP contribution in [0.1, 0.15) is 25.8 Å². The zero-order chi connectivity index (χ0) is 8.10. The molecule has 3 heteroatoms. The lowest BCUT2D eigenvalue weighted by Crippen LogP contribution is -2.07. The number of nitrogens with zero attached hydrogens (tertiary/aromatic N) is 3. The van der Waals surface area contributed by atoms with Gasteiger partial charge in [0.25, 0.3) is 0 Å². The Balaban J connectivity index is 2.65. The topological polar surface area (TPSA) is 41.6 Å². The molecule has 0 radical (unpaired) electrons. The highest BCUT2D eigenvalue weighted by Gasteiger charge is 2.06. The lowest BCUT2D eigenvalue weighted by Gasteiger charge is -2.10. The van der Waals surface area contributed by atoms with E-state index in [9.17, 15) is 0 Å². The van der Waals surface area contributed by atoms with E-state index in [1.807, 2.05) is 16.9 Å². The van der Waals surface area contributed by atoms with Gasteiger partial charge in [-0.3, -0.25) is 4.68 Å². The van der Waals surface area contributed by atoms with Crippen molar-refractivity contribution in [1.82, 2.24) is 9.78 Å². The first-order chi connectivity index (χ1) is 5.38. The number of hydrogen-bond acceptors (Lipinski definition) is 2. The summed E-state index contributed by atoms with van der Waals surface area (Å²) in [6.45, 7) is 2.06. The van der Waals surface area contributed by atoms with Gasteiger partial charge in [-0.1, -0.05) is 6.92 Å². The van der Waals surface area contributed by atoms with E-state index in [1.54, 1.807) is 6.20 Å². The Labute approximate surface area is 66.3 Å². The van der Waals surface area contributed by atoms with Gasteiger partial charge < -0.3 is 0 Å². The van der Waals surface area contributed by atoms with Gasteiger partial charge in [0.15, 0.2) is 0 Å². The summed E-state index contributed by atoms with van der Waals surface area (Å²) < 4.78 is 1.84. The van der Waals surface area contributed by atoms with E-state index in [0.717, 1.165) is 6.42 Å². The monoisotopic (exact) mass is 149 g/mol. The van der Waals surface area contributed by atoms with E-state index in [1.165, 1.54) is 0 Å². The number of nitriles is 1. The first-order valence-electron chi connectivity index (χ1n) is 3.74. The van der Waals surface area contributed by atoms with Gasteiger partial charge >= 0.3 is 0 Å². The molecular formula is C8H11N3. The van der Waals surface area contributed by atoms with E-state index in [2.05, 4.69) is 18.1 Å². The molecule has 1 heterocycles. The summed E-state index contributed by atoms with van der Waals surface area (Å²) in [5.74, 6) is 0. The molecule has 0 aromatic carbocycles. The van der Waals surface area contributed by atoms with Crippen molar-refractivity contribution in [3.63, 3.8) is 0 Å². The summed E-state index contributed by atoms with van der Waals surface area (Å²) in [5, 5.41) is 12.5. The van der Waals surface area contributed by atoms with Gasteiger partial charge in [0.05, 0.1) is 18.5 Å². The average Bonchev–Trinajstić information content (AvgIpc) is 2.52. The minimum atomic E-state index is 0.245. The van der Waals surface area contributed by atoms with Crippen LogP contribution < -0.4 is 0 Å². The van der Waals surface area contributed by atoms with E-state index in [4.69, 9.17) is 5.26 Å². The SMILES string of the molecule is CC[C@@H](CC#N)n1cccn1. The molecule has 0 aliphatic rings. The molecule has 58 valence electrons. The number of rotatable bonds is 3. The predicted octanol–water partition coefficient (Wildman–Crippen LogP) is 1.75. The summed E-state index contributed by atoms with van der Waals surface area (Å²) in [5.41, 5.74) is 0. The van der Waals surface area contributed by atoms with Crippen LogP contribution in [0.25, 0.3) is 0 Å². The van der Waals surface area contributed by atoms with Crippen molar-refractivity contribution in [3.05, 3.63) is 18.5 Å². The second kappa shape index (κ2) is 3.77. The third-order valence-corrected chi connectivity index (χ3v) is 1.70. The van der Waals surface area contributed by atoms with E-state index >= 15 is 0 Å². The van der Waals surface area contributed by atoms with E-state index in [0.29, 0.717) is 6.42 Å². The molecule has 0 unspecified atom stereocenters. The van der Waals surface area contributed by atoms with Gasteiger partial charge in [0, 0.05) is 12.4 Å². The molecule has 1 rings (SSSR count). The van der Waals surface area contributed by atoms with Crippen molar-refractivity contribution in [2.45, 2.75) is 25.8 Å². The molecule has 11 heavy (non-hydrogen) atoms. The second-order valence-electron chi connectivity index (χ2n) is 2.41. The van der Waals surface area contributed by atoms with Crippen LogP contribution in [-0.2, 0) is 0 Å². The standard InChI is InChI=1S/C8H11N3/c1-2-8(4-5-9)11-7-3-6-10-11/h3,6-8H,2,4H2,1H3/t8-/m0/s1. The van der Waals surface area contributed by atoms with Crippen LogP contribution in [0.5, 0.6) is 0 Å². The van der Waals surface area contributed by atoms with Crippen LogP contribution in [0.2, 0.25) is 0 Å². The molecule has 0 saturated carbocycles. The van der Waals surface area contributed by atoms with Gasteiger partial charge in [-0.05, 0) is 12.5 Å². The molecule has 0 amide bonds. The Bertz CT molecular complexity index is 232. The summed E-state index contributed by atoms with van der Waals surface area (Å²) in [4.78, 5) is 0.